The molecule has 0 spiro atoms. The van der Waals surface area contributed by atoms with Crippen LogP contribution in [0.1, 0.15) is 35.9 Å². The largest absolute Gasteiger partial charge is 0.337 e. The van der Waals surface area contributed by atoms with Gasteiger partial charge in [-0.15, -0.1) is 0 Å². The summed E-state index contributed by atoms with van der Waals surface area (Å²) in [6.45, 7) is 3.27. The van der Waals surface area contributed by atoms with Gasteiger partial charge >= 0.3 is 0 Å². The number of nitrogens with one attached hydrogen (secondary N) is 1. The molecule has 2 aliphatic rings. The van der Waals surface area contributed by atoms with Crippen LogP contribution in [0.2, 0.25) is 5.02 Å². The number of hydrogen-bond donors (Lipinski definition) is 1. The number of aryl methyl sites for hydroxylation is 1. The number of anilines is 1. The summed E-state index contributed by atoms with van der Waals surface area (Å²) in [5.41, 5.74) is 3.74. The van der Waals surface area contributed by atoms with E-state index in [2.05, 4.69) is 15.3 Å². The van der Waals surface area contributed by atoms with E-state index in [4.69, 9.17) is 11.6 Å². The monoisotopic (exact) mass is 621 g/mol. The first-order valence-electron chi connectivity index (χ1n) is 14.8. The molecule has 1 saturated carbocycles. The predicted molar refractivity (Wildman–Crippen MR) is 170 cm³/mol. The molecule has 10 heteroatoms. The fourth-order valence-electron chi connectivity index (χ4n) is 6.44. The Morgan fingerprint density at radius 2 is 1.73 bits per heavy atom. The fourth-order valence-corrected chi connectivity index (χ4v) is 6.68. The lowest BCUT2D eigenvalue weighted by Gasteiger charge is -2.27. The molecule has 7 rings (SSSR count). The average Bonchev–Trinajstić information content (AvgIpc) is 3.53. The fraction of sp³-hybridized carbons (Fsp3) is 0.229. The molecule has 45 heavy (non-hydrogen) atoms. The van der Waals surface area contributed by atoms with E-state index in [-0.39, 0.29) is 41.4 Å². The van der Waals surface area contributed by atoms with Crippen LogP contribution in [-0.4, -0.2) is 49.1 Å². The standard InChI is InChI=1S/C35H29ClFN5O3/c1-19(43)27-17-41(30-11-10-21(12-26(27)30)23-15-38-20(2)39-16-23)18-33(44)42-31-13-22(31)14-32(42)35(45)40-29-9-5-7-25(34(29)37)24-6-3-4-8-28(24)36/h3-12,15-17,22,31-32H,13-14,18H2,1-2H3,(H,40,45)/t22-,31-,32?/m1/s1. The Bertz CT molecular complexity index is 2010. The molecule has 1 aliphatic heterocycles. The molecule has 3 aromatic carbocycles. The van der Waals surface area contributed by atoms with Crippen molar-refractivity contribution in [2.24, 2.45) is 5.92 Å². The molecule has 1 saturated heterocycles. The van der Waals surface area contributed by atoms with E-state index < -0.39 is 17.8 Å². The van der Waals surface area contributed by atoms with Gasteiger partial charge in [-0.25, -0.2) is 14.4 Å². The third-order valence-corrected chi connectivity index (χ3v) is 9.13. The summed E-state index contributed by atoms with van der Waals surface area (Å²) in [6.07, 6.45) is 6.52. The van der Waals surface area contributed by atoms with E-state index in [9.17, 15) is 14.4 Å². The number of nitrogens with zero attached hydrogens (tertiary/aromatic N) is 4. The molecule has 5 aromatic rings. The number of aromatic nitrogens is 3. The zero-order chi connectivity index (χ0) is 31.4. The van der Waals surface area contributed by atoms with E-state index in [0.29, 0.717) is 28.4 Å². The van der Waals surface area contributed by atoms with Crippen LogP contribution >= 0.6 is 11.6 Å². The first-order chi connectivity index (χ1) is 21.7. The van der Waals surface area contributed by atoms with Gasteiger partial charge in [-0.1, -0.05) is 48.0 Å². The van der Waals surface area contributed by atoms with Crippen molar-refractivity contribution < 1.29 is 18.8 Å². The van der Waals surface area contributed by atoms with Gasteiger partial charge in [0, 0.05) is 62.8 Å². The number of halogens is 2. The summed E-state index contributed by atoms with van der Waals surface area (Å²) in [6, 6.07) is 16.7. The Kier molecular flexibility index (Phi) is 7.20. The lowest BCUT2D eigenvalue weighted by molar-refractivity contribution is -0.138. The highest BCUT2D eigenvalue weighted by molar-refractivity contribution is 6.33. The zero-order valence-electron chi connectivity index (χ0n) is 24.6. The number of piperidine rings is 1. The maximum absolute atomic E-state index is 15.6. The number of hydrogen-bond acceptors (Lipinski definition) is 5. The number of carbonyl (C=O) groups is 3. The summed E-state index contributed by atoms with van der Waals surface area (Å²) in [5.74, 6) is -0.475. The lowest BCUT2D eigenvalue weighted by Crippen LogP contribution is -2.46. The summed E-state index contributed by atoms with van der Waals surface area (Å²) in [5, 5.41) is 3.86. The van der Waals surface area contributed by atoms with Crippen molar-refractivity contribution in [2.75, 3.05) is 5.32 Å². The van der Waals surface area contributed by atoms with Crippen molar-refractivity contribution in [3.05, 3.63) is 101 Å². The number of carbonyl (C=O) groups excluding carboxylic acids is 3. The van der Waals surface area contributed by atoms with Gasteiger partial charge in [-0.05, 0) is 62.4 Å². The van der Waals surface area contributed by atoms with Gasteiger partial charge in [0.15, 0.2) is 11.6 Å². The predicted octanol–water partition coefficient (Wildman–Crippen LogP) is 6.70. The van der Waals surface area contributed by atoms with Crippen LogP contribution in [0.5, 0.6) is 0 Å². The number of fused-ring (bicyclic) bond motifs is 2. The maximum Gasteiger partial charge on any atom is 0.247 e. The van der Waals surface area contributed by atoms with Gasteiger partial charge in [0.2, 0.25) is 11.8 Å². The van der Waals surface area contributed by atoms with Crippen LogP contribution in [0.15, 0.2) is 79.3 Å². The average molecular weight is 622 g/mol. The van der Waals surface area contributed by atoms with E-state index in [1.165, 1.54) is 13.0 Å². The number of ketones is 1. The van der Waals surface area contributed by atoms with Gasteiger partial charge in [-0.2, -0.15) is 0 Å². The highest BCUT2D eigenvalue weighted by atomic mass is 35.5. The third-order valence-electron chi connectivity index (χ3n) is 8.80. The van der Waals surface area contributed by atoms with Crippen LogP contribution in [-0.2, 0) is 16.1 Å². The van der Waals surface area contributed by atoms with Gasteiger partial charge < -0.3 is 14.8 Å². The first-order valence-corrected chi connectivity index (χ1v) is 15.2. The van der Waals surface area contributed by atoms with Crippen LogP contribution in [0.4, 0.5) is 10.1 Å². The highest BCUT2D eigenvalue weighted by Crippen LogP contribution is 2.48. The second kappa shape index (κ2) is 11.2. The van der Waals surface area contributed by atoms with Gasteiger partial charge in [0.1, 0.15) is 18.4 Å². The number of amides is 2. The smallest absolute Gasteiger partial charge is 0.247 e. The summed E-state index contributed by atoms with van der Waals surface area (Å²) < 4.78 is 17.4. The Balaban J connectivity index is 1.14. The molecular formula is C35H29ClFN5O3. The lowest BCUT2D eigenvalue weighted by atomic mass is 10.0. The second-order valence-electron chi connectivity index (χ2n) is 11.7. The molecule has 3 atom stereocenters. The van der Waals surface area contributed by atoms with Crippen molar-refractivity contribution >= 4 is 45.8 Å². The minimum atomic E-state index is -0.730. The molecule has 1 N–H and O–H groups in total. The molecule has 0 radical (unpaired) electrons. The number of rotatable bonds is 7. The Hall–Kier alpha value is -4.89. The van der Waals surface area contributed by atoms with Crippen molar-refractivity contribution in [2.45, 2.75) is 45.3 Å². The molecule has 2 fully saturated rings. The number of Topliss-reactive ketones (excluding diaryl/α,β-unsaturated/α-hetero) is 1. The Morgan fingerprint density at radius 3 is 2.49 bits per heavy atom. The van der Waals surface area contributed by atoms with Gasteiger partial charge in [0.25, 0.3) is 0 Å². The third kappa shape index (κ3) is 5.27. The molecule has 2 amide bonds. The first kappa shape index (κ1) is 28.9. The van der Waals surface area contributed by atoms with E-state index in [0.717, 1.165) is 28.5 Å². The normalized spacial score (nSPS) is 18.6. The molecule has 226 valence electrons. The minimum absolute atomic E-state index is 0.0303. The Labute approximate surface area is 263 Å². The summed E-state index contributed by atoms with van der Waals surface area (Å²) >= 11 is 6.31. The Morgan fingerprint density at radius 1 is 0.978 bits per heavy atom. The zero-order valence-corrected chi connectivity index (χ0v) is 25.4. The minimum Gasteiger partial charge on any atom is -0.337 e. The van der Waals surface area contributed by atoms with Gasteiger partial charge in [-0.3, -0.25) is 14.4 Å². The maximum atomic E-state index is 15.6. The summed E-state index contributed by atoms with van der Waals surface area (Å²) in [7, 11) is 0. The molecular weight excluding hydrogens is 593 g/mol. The van der Waals surface area contributed by atoms with Crippen LogP contribution in [0.3, 0.4) is 0 Å². The topological polar surface area (TPSA) is 97.2 Å². The van der Waals surface area contributed by atoms with Gasteiger partial charge in [0.05, 0.1) is 5.69 Å². The highest BCUT2D eigenvalue weighted by Gasteiger charge is 2.56. The van der Waals surface area contributed by atoms with Crippen molar-refractivity contribution in [1.82, 2.24) is 19.4 Å². The molecule has 2 aromatic heterocycles. The molecule has 0 bridgehead atoms. The SMILES string of the molecule is CC(=O)c1cn(CC(=O)N2C(C(=O)Nc3cccc(-c4ccccc4Cl)c3F)C[C@H]3C[C@H]32)c2ccc(-c3cnc(C)nc3)cc12. The molecule has 1 aliphatic carbocycles. The van der Waals surface area contributed by atoms with Crippen molar-refractivity contribution in [3.8, 4) is 22.3 Å². The van der Waals surface area contributed by atoms with E-state index in [1.54, 1.807) is 64.5 Å². The van der Waals surface area contributed by atoms with Crippen LogP contribution < -0.4 is 5.32 Å². The molecule has 8 nitrogen and oxygen atoms in total. The molecule has 1 unspecified atom stereocenters. The van der Waals surface area contributed by atoms with Crippen molar-refractivity contribution in [1.29, 1.82) is 0 Å². The van der Waals surface area contributed by atoms with Crippen LogP contribution in [0, 0.1) is 18.7 Å². The van der Waals surface area contributed by atoms with E-state index in [1.807, 2.05) is 25.1 Å². The number of benzene rings is 3. The summed E-state index contributed by atoms with van der Waals surface area (Å²) in [4.78, 5) is 50.2. The van der Waals surface area contributed by atoms with Crippen molar-refractivity contribution in [3.63, 3.8) is 0 Å². The molecule has 3 heterocycles. The second-order valence-corrected chi connectivity index (χ2v) is 12.1. The number of likely N-dealkylation sites (tertiary alicyclic amines) is 1. The van der Waals surface area contributed by atoms with E-state index >= 15 is 4.39 Å². The quantitative estimate of drug-likeness (QED) is 0.204. The van der Waals surface area contributed by atoms with Crippen LogP contribution in [0.25, 0.3) is 33.2 Å².